The number of rotatable bonds is 3. The first-order valence-electron chi connectivity index (χ1n) is 5.28. The van der Waals surface area contributed by atoms with Crippen LogP contribution in [0.4, 0.5) is 0 Å². The third-order valence-corrected chi connectivity index (χ3v) is 2.84. The molecule has 2 aromatic heterocycles. The first-order valence-corrected chi connectivity index (χ1v) is 5.68. The molecule has 0 spiro atoms. The molecule has 0 bridgehead atoms. The Bertz CT molecular complexity index is 553. The fourth-order valence-electron chi connectivity index (χ4n) is 1.66. The van der Waals surface area contributed by atoms with Crippen LogP contribution in [0.3, 0.4) is 0 Å². The molecule has 0 aliphatic carbocycles. The van der Waals surface area contributed by atoms with Crippen molar-refractivity contribution < 1.29 is 0 Å². The van der Waals surface area contributed by atoms with Gasteiger partial charge in [0.05, 0.1) is 5.52 Å². The highest BCUT2D eigenvalue weighted by Gasteiger charge is 2.05. The SMILES string of the molecule is Cc1cnc2c(c1)[nH]c(=S)n2CCN(C)C. The molecule has 0 aromatic carbocycles. The maximum Gasteiger partial charge on any atom is 0.179 e. The minimum absolute atomic E-state index is 0.745. The lowest BCUT2D eigenvalue weighted by atomic mass is 10.3. The van der Waals surface area contributed by atoms with Gasteiger partial charge in [-0.05, 0) is 44.9 Å². The summed E-state index contributed by atoms with van der Waals surface area (Å²) in [6, 6.07) is 2.07. The number of H-pyrrole nitrogens is 1. The van der Waals surface area contributed by atoms with Gasteiger partial charge in [-0.15, -0.1) is 0 Å². The van der Waals surface area contributed by atoms with Crippen molar-refractivity contribution in [3.8, 4) is 0 Å². The summed E-state index contributed by atoms with van der Waals surface area (Å²) in [6.07, 6.45) is 1.87. The van der Waals surface area contributed by atoms with Crippen LogP contribution < -0.4 is 0 Å². The van der Waals surface area contributed by atoms with Crippen LogP contribution in [0.15, 0.2) is 12.3 Å². The Hall–Kier alpha value is -1.20. The average Bonchev–Trinajstić information content (AvgIpc) is 2.50. The summed E-state index contributed by atoms with van der Waals surface area (Å²) >= 11 is 5.30. The summed E-state index contributed by atoms with van der Waals surface area (Å²) < 4.78 is 2.79. The topological polar surface area (TPSA) is 36.9 Å². The van der Waals surface area contributed by atoms with Gasteiger partial charge in [-0.2, -0.15) is 0 Å². The predicted molar refractivity (Wildman–Crippen MR) is 68.2 cm³/mol. The Balaban J connectivity index is 2.44. The van der Waals surface area contributed by atoms with Crippen LogP contribution in [0.5, 0.6) is 0 Å². The second-order valence-corrected chi connectivity index (χ2v) is 4.66. The van der Waals surface area contributed by atoms with E-state index in [0.717, 1.165) is 34.6 Å². The summed E-state index contributed by atoms with van der Waals surface area (Å²) in [5.74, 6) is 0. The molecular formula is C11H16N4S. The van der Waals surface area contributed by atoms with E-state index in [-0.39, 0.29) is 0 Å². The van der Waals surface area contributed by atoms with Gasteiger partial charge in [0.25, 0.3) is 0 Å². The standard InChI is InChI=1S/C11H16N4S/c1-8-6-9-10(12-7-8)15(11(16)13-9)5-4-14(2)3/h6-7H,4-5H2,1-3H3,(H,13,16). The zero-order chi connectivity index (χ0) is 11.7. The molecule has 0 radical (unpaired) electrons. The van der Waals surface area contributed by atoms with Crippen molar-refractivity contribution >= 4 is 23.4 Å². The van der Waals surface area contributed by atoms with Crippen molar-refractivity contribution in [2.75, 3.05) is 20.6 Å². The van der Waals surface area contributed by atoms with Gasteiger partial charge in [0.15, 0.2) is 10.4 Å². The number of aryl methyl sites for hydroxylation is 1. The van der Waals surface area contributed by atoms with E-state index in [9.17, 15) is 0 Å². The van der Waals surface area contributed by atoms with E-state index in [1.54, 1.807) is 0 Å². The van der Waals surface area contributed by atoms with E-state index in [2.05, 4.69) is 35.0 Å². The molecule has 5 heteroatoms. The zero-order valence-electron chi connectivity index (χ0n) is 9.82. The van der Waals surface area contributed by atoms with Gasteiger partial charge >= 0.3 is 0 Å². The van der Waals surface area contributed by atoms with Crippen LogP contribution in [0.1, 0.15) is 5.56 Å². The number of nitrogens with zero attached hydrogens (tertiary/aromatic N) is 3. The van der Waals surface area contributed by atoms with E-state index >= 15 is 0 Å². The largest absolute Gasteiger partial charge is 0.329 e. The predicted octanol–water partition coefficient (Wildman–Crippen LogP) is 1.96. The Morgan fingerprint density at radius 2 is 2.25 bits per heavy atom. The maximum atomic E-state index is 5.30. The molecule has 86 valence electrons. The van der Waals surface area contributed by atoms with Crippen molar-refractivity contribution in [2.45, 2.75) is 13.5 Å². The molecule has 4 nitrogen and oxygen atoms in total. The van der Waals surface area contributed by atoms with E-state index in [4.69, 9.17) is 12.2 Å². The quantitative estimate of drug-likeness (QED) is 0.828. The molecule has 0 saturated carbocycles. The number of likely N-dealkylation sites (N-methyl/N-ethyl adjacent to an activating group) is 1. The van der Waals surface area contributed by atoms with Crippen molar-refractivity contribution in [3.63, 3.8) is 0 Å². The summed E-state index contributed by atoms with van der Waals surface area (Å²) in [6.45, 7) is 3.85. The summed E-state index contributed by atoms with van der Waals surface area (Å²) in [5.41, 5.74) is 3.10. The molecule has 16 heavy (non-hydrogen) atoms. The lowest BCUT2D eigenvalue weighted by Gasteiger charge is -2.10. The minimum Gasteiger partial charge on any atom is -0.329 e. The van der Waals surface area contributed by atoms with E-state index in [0.29, 0.717) is 0 Å². The monoisotopic (exact) mass is 236 g/mol. The third-order valence-electron chi connectivity index (χ3n) is 2.52. The van der Waals surface area contributed by atoms with Gasteiger partial charge < -0.3 is 14.5 Å². The van der Waals surface area contributed by atoms with Crippen molar-refractivity contribution in [2.24, 2.45) is 0 Å². The Kier molecular flexibility index (Phi) is 3.07. The van der Waals surface area contributed by atoms with Crippen LogP contribution in [-0.2, 0) is 6.54 Å². The number of hydrogen-bond acceptors (Lipinski definition) is 3. The Morgan fingerprint density at radius 3 is 2.94 bits per heavy atom. The van der Waals surface area contributed by atoms with E-state index in [1.165, 1.54) is 0 Å². The molecule has 2 rings (SSSR count). The number of imidazole rings is 1. The molecule has 0 saturated heterocycles. The first kappa shape index (κ1) is 11.3. The maximum absolute atomic E-state index is 5.30. The lowest BCUT2D eigenvalue weighted by molar-refractivity contribution is 0.385. The average molecular weight is 236 g/mol. The number of aromatic amines is 1. The highest BCUT2D eigenvalue weighted by atomic mass is 32.1. The van der Waals surface area contributed by atoms with Gasteiger partial charge in [0.2, 0.25) is 0 Å². The number of pyridine rings is 1. The highest BCUT2D eigenvalue weighted by molar-refractivity contribution is 7.71. The molecule has 0 aliphatic heterocycles. The van der Waals surface area contributed by atoms with Gasteiger partial charge in [0.1, 0.15) is 0 Å². The van der Waals surface area contributed by atoms with Crippen LogP contribution in [0.2, 0.25) is 0 Å². The van der Waals surface area contributed by atoms with Gasteiger partial charge in [-0.1, -0.05) is 0 Å². The second kappa shape index (κ2) is 4.35. The Morgan fingerprint density at radius 1 is 1.50 bits per heavy atom. The van der Waals surface area contributed by atoms with Crippen molar-refractivity contribution in [1.29, 1.82) is 0 Å². The Labute approximate surface area is 99.9 Å². The van der Waals surface area contributed by atoms with Crippen LogP contribution in [0, 0.1) is 11.7 Å². The number of hydrogen-bond donors (Lipinski definition) is 1. The number of aromatic nitrogens is 3. The molecule has 0 amide bonds. The lowest BCUT2D eigenvalue weighted by Crippen LogP contribution is -2.18. The molecular weight excluding hydrogens is 220 g/mol. The van der Waals surface area contributed by atoms with Crippen molar-refractivity contribution in [3.05, 3.63) is 22.6 Å². The van der Waals surface area contributed by atoms with Gasteiger partial charge in [0, 0.05) is 19.3 Å². The fraction of sp³-hybridized carbons (Fsp3) is 0.455. The third kappa shape index (κ3) is 2.15. The van der Waals surface area contributed by atoms with E-state index < -0.39 is 0 Å². The van der Waals surface area contributed by atoms with Gasteiger partial charge in [-0.3, -0.25) is 0 Å². The number of nitrogens with one attached hydrogen (secondary N) is 1. The molecule has 2 heterocycles. The molecule has 2 aromatic rings. The smallest absolute Gasteiger partial charge is 0.179 e. The molecule has 0 atom stereocenters. The first-order chi connectivity index (χ1) is 7.58. The summed E-state index contributed by atoms with van der Waals surface area (Å²) in [5, 5.41) is 0. The normalized spacial score (nSPS) is 11.5. The highest BCUT2D eigenvalue weighted by Crippen LogP contribution is 2.12. The van der Waals surface area contributed by atoms with Crippen LogP contribution >= 0.6 is 12.2 Å². The van der Waals surface area contributed by atoms with Crippen LogP contribution in [0.25, 0.3) is 11.2 Å². The minimum atomic E-state index is 0.745. The van der Waals surface area contributed by atoms with Crippen molar-refractivity contribution in [1.82, 2.24) is 19.4 Å². The summed E-state index contributed by atoms with van der Waals surface area (Å²) in [7, 11) is 4.10. The van der Waals surface area contributed by atoms with Crippen LogP contribution in [-0.4, -0.2) is 40.1 Å². The summed E-state index contributed by atoms with van der Waals surface area (Å²) in [4.78, 5) is 9.75. The number of fused-ring (bicyclic) bond motifs is 1. The molecule has 0 unspecified atom stereocenters. The molecule has 0 aliphatic rings. The molecule has 1 N–H and O–H groups in total. The van der Waals surface area contributed by atoms with Gasteiger partial charge in [-0.25, -0.2) is 4.98 Å². The fourth-order valence-corrected chi connectivity index (χ4v) is 1.94. The molecule has 0 fully saturated rings. The second-order valence-electron chi connectivity index (χ2n) is 4.27. The van der Waals surface area contributed by atoms with E-state index in [1.807, 2.05) is 17.7 Å². The zero-order valence-corrected chi connectivity index (χ0v) is 10.6.